The third-order valence-corrected chi connectivity index (χ3v) is 8.21. The lowest BCUT2D eigenvalue weighted by Gasteiger charge is -2.47. The number of morpholine rings is 1. The quantitative estimate of drug-likeness (QED) is 0.189. The summed E-state index contributed by atoms with van der Waals surface area (Å²) < 4.78 is 11.3. The molecule has 0 N–H and O–H groups in total. The fourth-order valence-electron chi connectivity index (χ4n) is 4.72. The van der Waals surface area contributed by atoms with E-state index in [1.807, 2.05) is 77.3 Å². The fourth-order valence-corrected chi connectivity index (χ4v) is 6.12. The number of benzene rings is 3. The van der Waals surface area contributed by atoms with Crippen molar-refractivity contribution in [3.63, 3.8) is 0 Å². The van der Waals surface area contributed by atoms with Gasteiger partial charge in [-0.2, -0.15) is 11.8 Å². The molecule has 3 aromatic rings. The van der Waals surface area contributed by atoms with E-state index >= 15 is 0 Å². The Morgan fingerprint density at radius 2 is 1.74 bits per heavy atom. The Balaban J connectivity index is 1.65. The molecule has 3 aromatic carbocycles. The number of carbonyl (C=O) groups is 2. The molecule has 38 heavy (non-hydrogen) atoms. The third-order valence-electron chi connectivity index (χ3n) is 6.66. The van der Waals surface area contributed by atoms with Crippen LogP contribution < -0.4 is 0 Å². The molecule has 0 saturated carbocycles. The maximum absolute atomic E-state index is 13.9. The minimum atomic E-state index is -0.964. The molecule has 0 bridgehead atoms. The Labute approximate surface area is 238 Å². The lowest BCUT2D eigenvalue weighted by molar-refractivity contribution is -0.183. The number of hydrogen-bond acceptors (Lipinski definition) is 5. The summed E-state index contributed by atoms with van der Waals surface area (Å²) in [4.78, 5) is 28.0. The van der Waals surface area contributed by atoms with Crippen molar-refractivity contribution < 1.29 is 19.1 Å². The summed E-state index contributed by atoms with van der Waals surface area (Å²) in [5.74, 6) is 1.05. The van der Waals surface area contributed by atoms with Gasteiger partial charge in [-0.1, -0.05) is 77.8 Å². The van der Waals surface area contributed by atoms with Crippen molar-refractivity contribution in [2.45, 2.75) is 49.8 Å². The van der Waals surface area contributed by atoms with Crippen LogP contribution in [0.25, 0.3) is 0 Å². The Kier molecular flexibility index (Phi) is 10.1. The number of esters is 1. The molecule has 1 unspecified atom stereocenters. The van der Waals surface area contributed by atoms with Crippen LogP contribution in [0.2, 0.25) is 10.0 Å². The van der Waals surface area contributed by atoms with Gasteiger partial charge in [0.1, 0.15) is 12.2 Å². The number of rotatable bonds is 10. The first-order valence-electron chi connectivity index (χ1n) is 12.5. The van der Waals surface area contributed by atoms with E-state index < -0.39 is 24.2 Å². The summed E-state index contributed by atoms with van der Waals surface area (Å²) in [6.45, 7) is 2.06. The van der Waals surface area contributed by atoms with Gasteiger partial charge in [-0.3, -0.25) is 9.59 Å². The second-order valence-corrected chi connectivity index (χ2v) is 11.3. The second-order valence-electron chi connectivity index (χ2n) is 9.30. The van der Waals surface area contributed by atoms with Crippen molar-refractivity contribution in [2.75, 3.05) is 12.9 Å². The number of ether oxygens (including phenoxy) is 2. The van der Waals surface area contributed by atoms with Crippen LogP contribution in [-0.2, 0) is 24.8 Å². The van der Waals surface area contributed by atoms with Gasteiger partial charge in [-0.05, 0) is 60.1 Å². The zero-order valence-corrected chi connectivity index (χ0v) is 23.7. The minimum absolute atomic E-state index is 0.114. The Hall–Kier alpha value is -2.51. The van der Waals surface area contributed by atoms with E-state index in [4.69, 9.17) is 32.7 Å². The van der Waals surface area contributed by atoms with Crippen LogP contribution in [0, 0.1) is 0 Å². The average Bonchev–Trinajstić information content (AvgIpc) is 2.92. The predicted octanol–water partition coefficient (Wildman–Crippen LogP) is 7.28. The van der Waals surface area contributed by atoms with Gasteiger partial charge in [0.15, 0.2) is 0 Å². The zero-order valence-electron chi connectivity index (χ0n) is 21.4. The molecule has 0 radical (unpaired) electrons. The molecule has 200 valence electrons. The van der Waals surface area contributed by atoms with Crippen LogP contribution in [-0.4, -0.2) is 41.8 Å². The van der Waals surface area contributed by atoms with Gasteiger partial charge in [0.25, 0.3) is 5.91 Å². The van der Waals surface area contributed by atoms with E-state index in [2.05, 4.69) is 19.1 Å². The van der Waals surface area contributed by atoms with Crippen molar-refractivity contribution in [3.05, 3.63) is 106 Å². The van der Waals surface area contributed by atoms with E-state index in [0.29, 0.717) is 10.0 Å². The molecular weight excluding hydrogens is 541 g/mol. The highest BCUT2D eigenvalue weighted by molar-refractivity contribution is 7.98. The van der Waals surface area contributed by atoms with Crippen molar-refractivity contribution in [3.8, 4) is 0 Å². The Bertz CT molecular complexity index is 1220. The van der Waals surface area contributed by atoms with Crippen LogP contribution in [0.15, 0.2) is 78.9 Å². The van der Waals surface area contributed by atoms with Gasteiger partial charge >= 0.3 is 5.97 Å². The lowest BCUT2D eigenvalue weighted by atomic mass is 9.89. The maximum Gasteiger partial charge on any atom is 0.308 e. The molecule has 8 heteroatoms. The molecule has 1 fully saturated rings. The maximum atomic E-state index is 13.9. The van der Waals surface area contributed by atoms with Crippen molar-refractivity contribution >= 4 is 46.8 Å². The van der Waals surface area contributed by atoms with Crippen LogP contribution in [0.4, 0.5) is 0 Å². The van der Waals surface area contributed by atoms with Gasteiger partial charge in [-0.15, -0.1) is 0 Å². The number of halogens is 2. The molecule has 1 aliphatic heterocycles. The number of amides is 1. The van der Waals surface area contributed by atoms with E-state index in [-0.39, 0.29) is 18.4 Å². The summed E-state index contributed by atoms with van der Waals surface area (Å²) in [6.07, 6.45) is -0.886. The Morgan fingerprint density at radius 3 is 2.42 bits per heavy atom. The molecule has 1 aliphatic rings. The highest BCUT2D eigenvalue weighted by Gasteiger charge is 2.46. The predicted molar refractivity (Wildman–Crippen MR) is 153 cm³/mol. The molecule has 4 atom stereocenters. The largest absolute Gasteiger partial charge is 0.469 e. The van der Waals surface area contributed by atoms with Crippen molar-refractivity contribution in [2.24, 2.45) is 0 Å². The standard InChI is InChI=1S/C30H31Cl2NO4S/c1-20(15-16-38-19-21-7-4-3-5-8-21)33-28(22-11-13-24(31)14-12-22)29(23-9-6-10-25(32)17-23)37-26(30(33)35)18-27(34)36-2/h3-14,17,20,26,28-29H,15-16,18-19H2,1-2H3/t20-,26+,28?,29+/m0/s1. The van der Waals surface area contributed by atoms with Crippen LogP contribution in [0.5, 0.6) is 0 Å². The number of thioether (sulfide) groups is 1. The van der Waals surface area contributed by atoms with Crippen LogP contribution in [0.3, 0.4) is 0 Å². The first-order chi connectivity index (χ1) is 18.4. The molecule has 0 aliphatic carbocycles. The van der Waals surface area contributed by atoms with Gasteiger partial charge in [0.2, 0.25) is 0 Å². The van der Waals surface area contributed by atoms with Crippen LogP contribution >= 0.6 is 35.0 Å². The fraction of sp³-hybridized carbons (Fsp3) is 0.333. The molecule has 0 spiro atoms. The van der Waals surface area contributed by atoms with E-state index in [9.17, 15) is 9.59 Å². The highest BCUT2D eigenvalue weighted by Crippen LogP contribution is 2.44. The summed E-state index contributed by atoms with van der Waals surface area (Å²) in [6, 6.07) is 24.7. The molecule has 1 heterocycles. The lowest BCUT2D eigenvalue weighted by Crippen LogP contribution is -2.54. The molecule has 5 nitrogen and oxygen atoms in total. The molecule has 0 aromatic heterocycles. The monoisotopic (exact) mass is 571 g/mol. The number of hydrogen-bond donors (Lipinski definition) is 0. The smallest absolute Gasteiger partial charge is 0.308 e. The van der Waals surface area contributed by atoms with Crippen LogP contribution in [0.1, 0.15) is 48.6 Å². The zero-order chi connectivity index (χ0) is 27.1. The van der Waals surface area contributed by atoms with Gasteiger partial charge in [0.05, 0.1) is 19.6 Å². The van der Waals surface area contributed by atoms with Gasteiger partial charge in [0, 0.05) is 21.8 Å². The topological polar surface area (TPSA) is 55.8 Å². The summed E-state index contributed by atoms with van der Waals surface area (Å²) in [5.41, 5.74) is 2.99. The molecular formula is C30H31Cl2NO4S. The first-order valence-corrected chi connectivity index (χ1v) is 14.5. The average molecular weight is 573 g/mol. The van der Waals surface area contributed by atoms with E-state index in [1.54, 1.807) is 6.07 Å². The number of methoxy groups -OCH3 is 1. The van der Waals surface area contributed by atoms with E-state index in [0.717, 1.165) is 29.1 Å². The summed E-state index contributed by atoms with van der Waals surface area (Å²) >= 11 is 14.4. The normalized spacial score (nSPS) is 20.3. The van der Waals surface area contributed by atoms with Crippen molar-refractivity contribution in [1.82, 2.24) is 4.90 Å². The third kappa shape index (κ3) is 7.11. The first kappa shape index (κ1) is 28.5. The highest BCUT2D eigenvalue weighted by atomic mass is 35.5. The minimum Gasteiger partial charge on any atom is -0.469 e. The molecule has 1 amide bonds. The summed E-state index contributed by atoms with van der Waals surface area (Å²) in [5, 5.41) is 1.18. The molecule has 4 rings (SSSR count). The second kappa shape index (κ2) is 13.5. The van der Waals surface area contributed by atoms with Gasteiger partial charge < -0.3 is 14.4 Å². The van der Waals surface area contributed by atoms with Crippen molar-refractivity contribution in [1.29, 1.82) is 0 Å². The van der Waals surface area contributed by atoms with E-state index in [1.165, 1.54) is 12.7 Å². The number of carbonyl (C=O) groups excluding carboxylic acids is 2. The summed E-state index contributed by atoms with van der Waals surface area (Å²) in [7, 11) is 1.31. The Morgan fingerprint density at radius 1 is 1.00 bits per heavy atom. The SMILES string of the molecule is COC(=O)C[C@H]1O[C@H](c2cccc(Cl)c2)C(c2ccc(Cl)cc2)N([C@@H](C)CCSCc2ccccc2)C1=O. The van der Waals surface area contributed by atoms with Gasteiger partial charge in [-0.25, -0.2) is 0 Å². The number of nitrogens with zero attached hydrogens (tertiary/aromatic N) is 1. The molecule has 1 saturated heterocycles.